The van der Waals surface area contributed by atoms with Crippen molar-refractivity contribution in [1.29, 1.82) is 0 Å². The minimum atomic E-state index is 0.608. The second kappa shape index (κ2) is 4.27. The zero-order valence-electron chi connectivity index (χ0n) is 7.23. The van der Waals surface area contributed by atoms with E-state index in [1.54, 1.807) is 7.11 Å². The van der Waals surface area contributed by atoms with Crippen LogP contribution >= 0.6 is 0 Å². The smallest absolute Gasteiger partial charge is 0.179 e. The average Bonchev–Trinajstić information content (AvgIpc) is 2.06. The van der Waals surface area contributed by atoms with Crippen LogP contribution in [0.2, 0.25) is 0 Å². The minimum Gasteiger partial charge on any atom is -0.483 e. The first-order valence-electron chi connectivity index (χ1n) is 4.32. The molecule has 2 heteroatoms. The van der Waals surface area contributed by atoms with E-state index in [1.165, 1.54) is 32.1 Å². The summed E-state index contributed by atoms with van der Waals surface area (Å²) in [6.07, 6.45) is 6.60. The summed E-state index contributed by atoms with van der Waals surface area (Å²) in [7, 11) is 1.65. The summed E-state index contributed by atoms with van der Waals surface area (Å²) in [4.78, 5) is 0. The lowest BCUT2D eigenvalue weighted by atomic mass is 9.96. The Hall–Kier alpha value is -0.660. The van der Waals surface area contributed by atoms with Crippen LogP contribution < -0.4 is 5.32 Å². The Bertz CT molecular complexity index is 128. The van der Waals surface area contributed by atoms with Gasteiger partial charge < -0.3 is 10.1 Å². The molecule has 1 fully saturated rings. The zero-order chi connectivity index (χ0) is 8.10. The fraction of sp³-hybridized carbons (Fsp3) is 0.778. The first kappa shape index (κ1) is 8.44. The van der Waals surface area contributed by atoms with E-state index in [0.717, 1.165) is 0 Å². The van der Waals surface area contributed by atoms with Gasteiger partial charge in [0, 0.05) is 6.04 Å². The van der Waals surface area contributed by atoms with Crippen molar-refractivity contribution in [3.63, 3.8) is 0 Å². The Balaban J connectivity index is 2.19. The van der Waals surface area contributed by atoms with Gasteiger partial charge in [0.25, 0.3) is 0 Å². The summed E-state index contributed by atoms with van der Waals surface area (Å²) >= 11 is 0. The number of hydrogen-bond donors (Lipinski definition) is 1. The molecule has 0 bridgehead atoms. The quantitative estimate of drug-likeness (QED) is 0.630. The highest BCUT2D eigenvalue weighted by molar-refractivity contribution is 4.84. The van der Waals surface area contributed by atoms with Crippen molar-refractivity contribution in [2.75, 3.05) is 7.11 Å². The minimum absolute atomic E-state index is 0.608. The SMILES string of the molecule is C=C(NC1CCCCC1)OC. The van der Waals surface area contributed by atoms with Gasteiger partial charge in [-0.2, -0.15) is 0 Å². The van der Waals surface area contributed by atoms with Crippen molar-refractivity contribution in [3.05, 3.63) is 12.5 Å². The van der Waals surface area contributed by atoms with E-state index in [1.807, 2.05) is 0 Å². The average molecular weight is 155 g/mol. The van der Waals surface area contributed by atoms with Crippen LogP contribution in [0.25, 0.3) is 0 Å². The Kier molecular flexibility index (Phi) is 3.27. The molecule has 1 saturated carbocycles. The Labute approximate surface area is 68.6 Å². The molecule has 0 amide bonds. The largest absolute Gasteiger partial charge is 0.483 e. The first-order chi connectivity index (χ1) is 5.33. The molecule has 11 heavy (non-hydrogen) atoms. The van der Waals surface area contributed by atoms with Crippen LogP contribution in [-0.2, 0) is 4.74 Å². The predicted octanol–water partition coefficient (Wildman–Crippen LogP) is 2.03. The van der Waals surface area contributed by atoms with Gasteiger partial charge in [-0.1, -0.05) is 19.3 Å². The number of nitrogens with one attached hydrogen (secondary N) is 1. The van der Waals surface area contributed by atoms with Gasteiger partial charge in [-0.3, -0.25) is 0 Å². The zero-order valence-corrected chi connectivity index (χ0v) is 7.23. The van der Waals surface area contributed by atoms with Crippen molar-refractivity contribution in [1.82, 2.24) is 5.32 Å². The molecule has 0 heterocycles. The fourth-order valence-electron chi connectivity index (χ4n) is 1.53. The summed E-state index contributed by atoms with van der Waals surface area (Å²) in [6.45, 7) is 3.73. The second-order valence-electron chi connectivity index (χ2n) is 3.11. The standard InChI is InChI=1S/C9H17NO/c1-8(11-2)10-9-6-4-3-5-7-9/h9-10H,1,3-7H2,2H3. The molecule has 1 rings (SSSR count). The summed E-state index contributed by atoms with van der Waals surface area (Å²) in [5, 5.41) is 3.25. The van der Waals surface area contributed by atoms with Crippen molar-refractivity contribution in [2.24, 2.45) is 0 Å². The molecule has 1 aliphatic rings. The van der Waals surface area contributed by atoms with E-state index in [-0.39, 0.29) is 0 Å². The van der Waals surface area contributed by atoms with Crippen LogP contribution in [0, 0.1) is 0 Å². The highest BCUT2D eigenvalue weighted by atomic mass is 16.5. The third-order valence-corrected chi connectivity index (χ3v) is 2.22. The molecule has 0 aliphatic heterocycles. The molecule has 2 nitrogen and oxygen atoms in total. The third kappa shape index (κ3) is 2.83. The van der Waals surface area contributed by atoms with Crippen LogP contribution in [-0.4, -0.2) is 13.2 Å². The van der Waals surface area contributed by atoms with Crippen molar-refractivity contribution in [2.45, 2.75) is 38.1 Å². The van der Waals surface area contributed by atoms with Gasteiger partial charge in [0.2, 0.25) is 0 Å². The van der Waals surface area contributed by atoms with E-state index in [9.17, 15) is 0 Å². The summed E-state index contributed by atoms with van der Waals surface area (Å²) in [6, 6.07) is 0.608. The maximum Gasteiger partial charge on any atom is 0.179 e. The molecule has 0 unspecified atom stereocenters. The summed E-state index contributed by atoms with van der Waals surface area (Å²) in [5.74, 6) is 0.705. The highest BCUT2D eigenvalue weighted by Crippen LogP contribution is 2.17. The normalized spacial score (nSPS) is 19.4. The molecule has 0 saturated heterocycles. The van der Waals surface area contributed by atoms with Crippen LogP contribution in [0.1, 0.15) is 32.1 Å². The van der Waals surface area contributed by atoms with E-state index in [0.29, 0.717) is 11.9 Å². The molecule has 1 aliphatic carbocycles. The van der Waals surface area contributed by atoms with Crippen LogP contribution in [0.4, 0.5) is 0 Å². The summed E-state index contributed by atoms with van der Waals surface area (Å²) in [5.41, 5.74) is 0. The second-order valence-corrected chi connectivity index (χ2v) is 3.11. The van der Waals surface area contributed by atoms with E-state index in [4.69, 9.17) is 4.74 Å². The van der Waals surface area contributed by atoms with Crippen molar-refractivity contribution >= 4 is 0 Å². The van der Waals surface area contributed by atoms with Gasteiger partial charge >= 0.3 is 0 Å². The van der Waals surface area contributed by atoms with Crippen LogP contribution in [0.3, 0.4) is 0 Å². The molecule has 0 atom stereocenters. The predicted molar refractivity (Wildman–Crippen MR) is 46.2 cm³/mol. The van der Waals surface area contributed by atoms with Gasteiger partial charge in [-0.05, 0) is 19.4 Å². The van der Waals surface area contributed by atoms with Gasteiger partial charge in [0.1, 0.15) is 0 Å². The molecule has 0 aromatic heterocycles. The number of ether oxygens (including phenoxy) is 1. The molecule has 0 spiro atoms. The Morgan fingerprint density at radius 1 is 1.36 bits per heavy atom. The first-order valence-corrected chi connectivity index (χ1v) is 4.32. The summed E-state index contributed by atoms with van der Waals surface area (Å²) < 4.78 is 4.95. The van der Waals surface area contributed by atoms with Crippen LogP contribution in [0.5, 0.6) is 0 Å². The molecule has 64 valence electrons. The van der Waals surface area contributed by atoms with E-state index < -0.39 is 0 Å². The third-order valence-electron chi connectivity index (χ3n) is 2.22. The lowest BCUT2D eigenvalue weighted by molar-refractivity contribution is 0.237. The molecule has 0 aromatic carbocycles. The number of rotatable bonds is 3. The number of methoxy groups -OCH3 is 1. The topological polar surface area (TPSA) is 21.3 Å². The maximum absolute atomic E-state index is 4.95. The van der Waals surface area contributed by atoms with Gasteiger partial charge in [0.15, 0.2) is 5.88 Å². The molecule has 1 N–H and O–H groups in total. The Morgan fingerprint density at radius 2 is 2.00 bits per heavy atom. The fourth-order valence-corrected chi connectivity index (χ4v) is 1.53. The Morgan fingerprint density at radius 3 is 2.55 bits per heavy atom. The van der Waals surface area contributed by atoms with Crippen LogP contribution in [0.15, 0.2) is 12.5 Å². The monoisotopic (exact) mass is 155 g/mol. The van der Waals surface area contributed by atoms with E-state index >= 15 is 0 Å². The molecule has 0 aromatic rings. The van der Waals surface area contributed by atoms with E-state index in [2.05, 4.69) is 11.9 Å². The highest BCUT2D eigenvalue weighted by Gasteiger charge is 2.12. The van der Waals surface area contributed by atoms with Gasteiger partial charge in [0.05, 0.1) is 7.11 Å². The van der Waals surface area contributed by atoms with Gasteiger partial charge in [-0.25, -0.2) is 0 Å². The van der Waals surface area contributed by atoms with Crippen molar-refractivity contribution < 1.29 is 4.74 Å². The maximum atomic E-state index is 4.95. The number of hydrogen-bond acceptors (Lipinski definition) is 2. The molecule has 0 radical (unpaired) electrons. The lowest BCUT2D eigenvalue weighted by Gasteiger charge is -2.23. The molecular weight excluding hydrogens is 138 g/mol. The van der Waals surface area contributed by atoms with Crippen molar-refractivity contribution in [3.8, 4) is 0 Å². The van der Waals surface area contributed by atoms with Gasteiger partial charge in [-0.15, -0.1) is 0 Å². The molecular formula is C9H17NO. The lowest BCUT2D eigenvalue weighted by Crippen LogP contribution is -2.30.